The smallest absolute Gasteiger partial charge is 0.326 e. The van der Waals surface area contributed by atoms with Gasteiger partial charge in [0.25, 0.3) is 5.91 Å². The van der Waals surface area contributed by atoms with Crippen LogP contribution in [0.15, 0.2) is 29.3 Å². The van der Waals surface area contributed by atoms with Gasteiger partial charge < -0.3 is 5.11 Å². The first-order chi connectivity index (χ1) is 9.54. The summed E-state index contributed by atoms with van der Waals surface area (Å²) >= 11 is 6.22. The van der Waals surface area contributed by atoms with Crippen LogP contribution in [0.5, 0.6) is 0 Å². The Hall–Kier alpha value is -1.73. The zero-order valence-corrected chi connectivity index (χ0v) is 12.3. The fourth-order valence-corrected chi connectivity index (χ4v) is 3.15. The van der Waals surface area contributed by atoms with Crippen molar-refractivity contribution in [2.75, 3.05) is 0 Å². The minimum Gasteiger partial charge on any atom is -0.480 e. The van der Waals surface area contributed by atoms with E-state index in [-0.39, 0.29) is 10.2 Å². The molecule has 1 atom stereocenters. The number of pyridine rings is 1. The van der Waals surface area contributed by atoms with Gasteiger partial charge in [-0.3, -0.25) is 14.7 Å². The average molecular weight is 308 g/mol. The standard InChI is InChI=1S/C13H12N2O3S2/c1-2-9(12(17)18)15-11(16)10(20-13(15)19)7-8-5-3-4-6-14-8/h3-7,9H,2H2,1H3,(H,17,18). The Kier molecular flexibility index (Phi) is 4.51. The molecule has 1 saturated heterocycles. The second kappa shape index (κ2) is 6.15. The summed E-state index contributed by atoms with van der Waals surface area (Å²) in [5, 5.41) is 9.15. The summed E-state index contributed by atoms with van der Waals surface area (Å²) < 4.78 is 0.270. The van der Waals surface area contributed by atoms with Crippen LogP contribution in [0.25, 0.3) is 6.08 Å². The first-order valence-corrected chi connectivity index (χ1v) is 7.18. The largest absolute Gasteiger partial charge is 0.480 e. The van der Waals surface area contributed by atoms with Crippen LogP contribution in [-0.4, -0.2) is 37.2 Å². The van der Waals surface area contributed by atoms with Crippen molar-refractivity contribution in [3.8, 4) is 0 Å². The zero-order chi connectivity index (χ0) is 14.7. The summed E-state index contributed by atoms with van der Waals surface area (Å²) in [6.45, 7) is 1.71. The third-order valence-electron chi connectivity index (χ3n) is 2.77. The molecule has 0 radical (unpaired) electrons. The van der Waals surface area contributed by atoms with Gasteiger partial charge in [-0.15, -0.1) is 0 Å². The highest BCUT2D eigenvalue weighted by Gasteiger charge is 2.39. The van der Waals surface area contributed by atoms with E-state index in [1.165, 1.54) is 0 Å². The molecule has 1 N–H and O–H groups in total. The van der Waals surface area contributed by atoms with E-state index in [2.05, 4.69) is 4.98 Å². The predicted molar refractivity (Wildman–Crippen MR) is 81.0 cm³/mol. The Balaban J connectivity index is 2.29. The van der Waals surface area contributed by atoms with E-state index < -0.39 is 12.0 Å². The maximum absolute atomic E-state index is 12.3. The van der Waals surface area contributed by atoms with Gasteiger partial charge in [0.2, 0.25) is 0 Å². The van der Waals surface area contributed by atoms with Crippen LogP contribution in [0, 0.1) is 0 Å². The second-order valence-corrected chi connectivity index (χ2v) is 5.74. The molecule has 1 fully saturated rings. The lowest BCUT2D eigenvalue weighted by molar-refractivity contribution is -0.145. The van der Waals surface area contributed by atoms with Crippen LogP contribution in [0.3, 0.4) is 0 Å². The van der Waals surface area contributed by atoms with E-state index in [1.807, 2.05) is 6.07 Å². The predicted octanol–water partition coefficient (Wildman–Crippen LogP) is 2.15. The van der Waals surface area contributed by atoms with E-state index >= 15 is 0 Å². The number of amides is 1. The van der Waals surface area contributed by atoms with Crippen molar-refractivity contribution in [2.24, 2.45) is 0 Å². The summed E-state index contributed by atoms with van der Waals surface area (Å²) in [7, 11) is 0. The highest BCUT2D eigenvalue weighted by molar-refractivity contribution is 8.26. The van der Waals surface area contributed by atoms with Crippen molar-refractivity contribution in [3.63, 3.8) is 0 Å². The van der Waals surface area contributed by atoms with Gasteiger partial charge in [-0.2, -0.15) is 0 Å². The van der Waals surface area contributed by atoms with Gasteiger partial charge in [0.15, 0.2) is 0 Å². The SMILES string of the molecule is CCC(C(=O)O)N1C(=O)C(=Cc2ccccn2)SC1=S. The summed E-state index contributed by atoms with van der Waals surface area (Å²) in [4.78, 5) is 29.1. The van der Waals surface area contributed by atoms with E-state index in [0.717, 1.165) is 16.7 Å². The Bertz CT molecular complexity index is 587. The van der Waals surface area contributed by atoms with Gasteiger partial charge in [0.1, 0.15) is 10.4 Å². The third-order valence-corrected chi connectivity index (χ3v) is 4.10. The second-order valence-electron chi connectivity index (χ2n) is 4.07. The molecule has 1 aromatic heterocycles. The normalized spacial score (nSPS) is 18.6. The number of thioether (sulfide) groups is 1. The Morgan fingerprint density at radius 2 is 2.35 bits per heavy atom. The van der Waals surface area contributed by atoms with Gasteiger partial charge >= 0.3 is 5.97 Å². The summed E-state index contributed by atoms with van der Waals surface area (Å²) in [5.41, 5.74) is 0.636. The number of hydrogen-bond donors (Lipinski definition) is 1. The fourth-order valence-electron chi connectivity index (χ4n) is 1.81. The molecule has 0 saturated carbocycles. The van der Waals surface area contributed by atoms with Crippen LogP contribution >= 0.6 is 24.0 Å². The Morgan fingerprint density at radius 3 is 2.90 bits per heavy atom. The molecule has 104 valence electrons. The van der Waals surface area contributed by atoms with E-state index in [0.29, 0.717) is 17.0 Å². The Labute approximate surface area is 125 Å². The van der Waals surface area contributed by atoms with Crippen molar-refractivity contribution >= 4 is 46.3 Å². The number of aromatic nitrogens is 1. The van der Waals surface area contributed by atoms with Crippen molar-refractivity contribution in [2.45, 2.75) is 19.4 Å². The maximum atomic E-state index is 12.3. The number of thiocarbonyl (C=S) groups is 1. The topological polar surface area (TPSA) is 70.5 Å². The van der Waals surface area contributed by atoms with Crippen molar-refractivity contribution in [1.29, 1.82) is 0 Å². The first kappa shape index (κ1) is 14.7. The number of aliphatic carboxylic acids is 1. The van der Waals surface area contributed by atoms with Crippen LogP contribution in [0.2, 0.25) is 0 Å². The fraction of sp³-hybridized carbons (Fsp3) is 0.231. The molecule has 1 aromatic rings. The molecule has 0 bridgehead atoms. The van der Waals surface area contributed by atoms with Crippen molar-refractivity contribution < 1.29 is 14.7 Å². The molecule has 2 heterocycles. The number of carboxylic acid groups (broad SMARTS) is 1. The quantitative estimate of drug-likeness (QED) is 0.679. The molecular weight excluding hydrogens is 296 g/mol. The van der Waals surface area contributed by atoms with E-state index in [4.69, 9.17) is 17.3 Å². The monoisotopic (exact) mass is 308 g/mol. The molecule has 1 amide bonds. The van der Waals surface area contributed by atoms with Crippen molar-refractivity contribution in [1.82, 2.24) is 9.88 Å². The number of rotatable bonds is 4. The molecule has 0 aliphatic carbocycles. The van der Waals surface area contributed by atoms with Crippen molar-refractivity contribution in [3.05, 3.63) is 35.0 Å². The Morgan fingerprint density at radius 1 is 1.60 bits per heavy atom. The molecule has 0 spiro atoms. The van der Waals surface area contributed by atoms with Crippen LogP contribution in [0.4, 0.5) is 0 Å². The van der Waals surface area contributed by atoms with Gasteiger partial charge in [-0.25, -0.2) is 4.79 Å². The minimum atomic E-state index is -1.05. The molecule has 1 aliphatic heterocycles. The van der Waals surface area contributed by atoms with E-state index in [9.17, 15) is 9.59 Å². The molecule has 0 aromatic carbocycles. The lowest BCUT2D eigenvalue weighted by Crippen LogP contribution is -2.43. The summed E-state index contributed by atoms with van der Waals surface area (Å²) in [6, 6.07) is 4.43. The lowest BCUT2D eigenvalue weighted by atomic mass is 10.2. The number of carbonyl (C=O) groups is 2. The van der Waals surface area contributed by atoms with Gasteiger partial charge in [0, 0.05) is 6.20 Å². The third kappa shape index (κ3) is 2.88. The highest BCUT2D eigenvalue weighted by Crippen LogP contribution is 2.34. The molecule has 5 nitrogen and oxygen atoms in total. The maximum Gasteiger partial charge on any atom is 0.326 e. The lowest BCUT2D eigenvalue weighted by Gasteiger charge is -2.21. The zero-order valence-electron chi connectivity index (χ0n) is 10.6. The van der Waals surface area contributed by atoms with Crippen LogP contribution in [-0.2, 0) is 9.59 Å². The number of carbonyl (C=O) groups excluding carboxylic acids is 1. The molecule has 2 rings (SSSR count). The molecule has 1 unspecified atom stereocenters. The molecule has 1 aliphatic rings. The van der Waals surface area contributed by atoms with Crippen LogP contribution < -0.4 is 0 Å². The molecule has 20 heavy (non-hydrogen) atoms. The number of nitrogens with zero attached hydrogens (tertiary/aromatic N) is 2. The van der Waals surface area contributed by atoms with Gasteiger partial charge in [0.05, 0.1) is 10.6 Å². The van der Waals surface area contributed by atoms with Gasteiger partial charge in [-0.1, -0.05) is 37.0 Å². The van der Waals surface area contributed by atoms with Crippen LogP contribution in [0.1, 0.15) is 19.0 Å². The number of hydrogen-bond acceptors (Lipinski definition) is 5. The molecule has 7 heteroatoms. The first-order valence-electron chi connectivity index (χ1n) is 5.95. The average Bonchev–Trinajstić information content (AvgIpc) is 2.68. The van der Waals surface area contributed by atoms with E-state index in [1.54, 1.807) is 31.3 Å². The molecular formula is C13H12N2O3S2. The number of carboxylic acids is 1. The minimum absolute atomic E-state index is 0.270. The highest BCUT2D eigenvalue weighted by atomic mass is 32.2. The summed E-state index contributed by atoms with van der Waals surface area (Å²) in [5.74, 6) is -1.43. The summed E-state index contributed by atoms with van der Waals surface area (Å²) in [6.07, 6.45) is 3.55. The van der Waals surface area contributed by atoms with Gasteiger partial charge in [-0.05, 0) is 24.6 Å².